The Morgan fingerprint density at radius 2 is 1.33 bits per heavy atom. The molecule has 6 heteroatoms. The summed E-state index contributed by atoms with van der Waals surface area (Å²) in [5.41, 5.74) is 0. The molecule has 0 aliphatic heterocycles. The van der Waals surface area contributed by atoms with E-state index in [0.29, 0.717) is 0 Å². The van der Waals surface area contributed by atoms with E-state index < -0.39 is 9.17 Å². The van der Waals surface area contributed by atoms with Gasteiger partial charge in [-0.3, -0.25) is 4.46 Å². The molecular formula is H5AgO3SbSi. The monoisotopic (exact) mass is 309 g/mol. The number of hydrogen-bond acceptors (Lipinski definition) is 1. The summed E-state index contributed by atoms with van der Waals surface area (Å²) in [6.45, 7) is 0. The summed E-state index contributed by atoms with van der Waals surface area (Å²) in [4.78, 5) is 14.3. The average Bonchev–Trinajstić information content (AvgIpc) is 0.811. The summed E-state index contributed by atoms with van der Waals surface area (Å²) < 4.78 is 8.74. The molecule has 0 unspecified atom stereocenters. The molecule has 0 atom stereocenters. The van der Waals surface area contributed by atoms with Crippen molar-refractivity contribution >= 4 is 33.6 Å². The van der Waals surface area contributed by atoms with Gasteiger partial charge in [0.25, 0.3) is 0 Å². The van der Waals surface area contributed by atoms with Gasteiger partial charge >= 0.3 is 33.6 Å². The van der Waals surface area contributed by atoms with Gasteiger partial charge < -0.3 is 9.59 Å². The first-order chi connectivity index (χ1) is 1.73. The van der Waals surface area contributed by atoms with Crippen LogP contribution in [0.5, 0.6) is 0 Å². The van der Waals surface area contributed by atoms with Crippen molar-refractivity contribution in [1.29, 1.82) is 0 Å². The molecule has 0 aromatic rings. The van der Waals surface area contributed by atoms with Gasteiger partial charge in [-0.15, -0.1) is 0 Å². The van der Waals surface area contributed by atoms with Crippen molar-refractivity contribution in [2.75, 3.05) is 0 Å². The molecule has 0 heterocycles. The first kappa shape index (κ1) is 15.7. The summed E-state index contributed by atoms with van der Waals surface area (Å²) in [6, 6.07) is 0. The Balaban J connectivity index is -0.0000000450. The van der Waals surface area contributed by atoms with E-state index in [2.05, 4.69) is 0 Å². The third-order valence-corrected chi connectivity index (χ3v) is 0. The van der Waals surface area contributed by atoms with Crippen LogP contribution in [0.15, 0.2) is 0 Å². The van der Waals surface area contributed by atoms with Gasteiger partial charge in [-0.05, 0) is 0 Å². The molecule has 43 valence electrons. The molecule has 0 aromatic carbocycles. The van der Waals surface area contributed by atoms with Gasteiger partial charge in [-0.2, -0.15) is 0 Å². The predicted octanol–water partition coefficient (Wildman–Crippen LogP) is -2.80. The summed E-state index contributed by atoms with van der Waals surface area (Å²) in [5.74, 6) is 0. The van der Waals surface area contributed by atoms with Crippen LogP contribution in [0.2, 0.25) is 0 Å². The molecule has 0 saturated heterocycles. The normalized spacial score (nSPS) is 4.00. The topological polar surface area (TPSA) is 57.5 Å². The number of hydrogen-bond donors (Lipinski definition) is 2. The molecule has 1 radical (unpaired) electrons. The third kappa shape index (κ3) is 65.3. The minimum atomic E-state index is -3.13. The Bertz CT molecular complexity index is 33.8. The predicted molar refractivity (Wildman–Crippen MR) is 20.8 cm³/mol. The summed E-state index contributed by atoms with van der Waals surface area (Å²) in [6.07, 6.45) is 0. The van der Waals surface area contributed by atoms with Crippen molar-refractivity contribution in [3.05, 3.63) is 0 Å². The maximum absolute atomic E-state index is 8.74. The molecule has 0 aromatic heterocycles. The van der Waals surface area contributed by atoms with Gasteiger partial charge in [0.2, 0.25) is 0 Å². The van der Waals surface area contributed by atoms with Gasteiger partial charge in [0, 0.05) is 22.4 Å². The second kappa shape index (κ2) is 9.49. The summed E-state index contributed by atoms with van der Waals surface area (Å²) >= 11 is 0. The van der Waals surface area contributed by atoms with E-state index in [1.165, 1.54) is 0 Å². The summed E-state index contributed by atoms with van der Waals surface area (Å²) in [7, 11) is -3.13. The SMILES string of the molecule is O=[Si](O)O.[Ag].[SbH3]. The molecule has 6 heavy (non-hydrogen) atoms. The second-order valence-corrected chi connectivity index (χ2v) is 0.848. The van der Waals surface area contributed by atoms with Gasteiger partial charge in [-0.1, -0.05) is 0 Å². The quantitative estimate of drug-likeness (QED) is 0.475. The Labute approximate surface area is 69.6 Å². The van der Waals surface area contributed by atoms with Gasteiger partial charge in [-0.25, -0.2) is 0 Å². The van der Waals surface area contributed by atoms with E-state index in [9.17, 15) is 0 Å². The van der Waals surface area contributed by atoms with Crippen LogP contribution in [0.1, 0.15) is 0 Å². The standard InChI is InChI=1S/Ag.H2O3Si.Sb.3H/c;1-4(2)3;;;;/h;1-2H;;;;. The molecular weight excluding hydrogens is 306 g/mol. The molecule has 2 N–H and O–H groups in total. The van der Waals surface area contributed by atoms with Crippen LogP contribution in [0.3, 0.4) is 0 Å². The Morgan fingerprint density at radius 3 is 1.33 bits per heavy atom. The number of rotatable bonds is 0. The van der Waals surface area contributed by atoms with Crippen molar-refractivity contribution in [1.82, 2.24) is 0 Å². The van der Waals surface area contributed by atoms with E-state index in [-0.39, 0.29) is 46.8 Å². The molecule has 0 rings (SSSR count). The van der Waals surface area contributed by atoms with Crippen LogP contribution in [-0.4, -0.2) is 43.2 Å². The summed E-state index contributed by atoms with van der Waals surface area (Å²) in [5, 5.41) is 0. The second-order valence-electron chi connectivity index (χ2n) is 0.283. The molecule has 0 bridgehead atoms. The first-order valence-corrected chi connectivity index (χ1v) is 1.95. The Morgan fingerprint density at radius 1 is 1.33 bits per heavy atom. The van der Waals surface area contributed by atoms with Crippen LogP contribution in [0.4, 0.5) is 0 Å². The molecule has 0 amide bonds. The zero-order valence-corrected chi connectivity index (χ0v) is 9.33. The average molecular weight is 311 g/mol. The fraction of sp³-hybridized carbons (Fsp3) is 0. The molecule has 3 nitrogen and oxygen atoms in total. The Kier molecular flexibility index (Phi) is 24.8. The van der Waals surface area contributed by atoms with E-state index in [0.717, 1.165) is 0 Å². The van der Waals surface area contributed by atoms with Crippen LogP contribution >= 0.6 is 0 Å². The van der Waals surface area contributed by atoms with Crippen molar-refractivity contribution in [3.63, 3.8) is 0 Å². The maximum atomic E-state index is 8.74. The molecule has 0 aliphatic carbocycles. The molecule has 0 spiro atoms. The fourth-order valence-electron chi connectivity index (χ4n) is 0. The zero-order chi connectivity index (χ0) is 3.58. The van der Waals surface area contributed by atoms with E-state index >= 15 is 0 Å². The van der Waals surface area contributed by atoms with Crippen molar-refractivity contribution in [2.24, 2.45) is 0 Å². The van der Waals surface area contributed by atoms with Crippen LogP contribution in [0, 0.1) is 0 Å². The van der Waals surface area contributed by atoms with Crippen LogP contribution in [-0.2, 0) is 26.8 Å². The van der Waals surface area contributed by atoms with Crippen LogP contribution in [0.25, 0.3) is 0 Å². The van der Waals surface area contributed by atoms with Crippen molar-refractivity contribution in [2.45, 2.75) is 0 Å². The minimum absolute atomic E-state index is 0. The van der Waals surface area contributed by atoms with E-state index in [1.54, 1.807) is 0 Å². The van der Waals surface area contributed by atoms with Gasteiger partial charge in [0.1, 0.15) is 0 Å². The fourth-order valence-corrected chi connectivity index (χ4v) is 0. The van der Waals surface area contributed by atoms with Gasteiger partial charge in [0.15, 0.2) is 0 Å². The Hall–Kier alpha value is 1.18. The third-order valence-electron chi connectivity index (χ3n) is 0. The molecule has 0 fully saturated rings. The zero-order valence-electron chi connectivity index (χ0n) is 2.81. The van der Waals surface area contributed by atoms with Crippen LogP contribution < -0.4 is 0 Å². The van der Waals surface area contributed by atoms with Crippen molar-refractivity contribution < 1.29 is 36.4 Å². The first-order valence-electron chi connectivity index (χ1n) is 0.651. The molecule has 0 aliphatic rings. The van der Waals surface area contributed by atoms with E-state index in [4.69, 9.17) is 14.1 Å². The van der Waals surface area contributed by atoms with E-state index in [1.807, 2.05) is 0 Å². The van der Waals surface area contributed by atoms with Crippen molar-refractivity contribution in [3.8, 4) is 0 Å². The van der Waals surface area contributed by atoms with Gasteiger partial charge in [0.05, 0.1) is 0 Å². The molecule has 0 saturated carbocycles.